The monoisotopic (exact) mass is 313 g/mol. The molecule has 122 valence electrons. The molecule has 22 heavy (non-hydrogen) atoms. The number of aromatic carboxylic acids is 1. The molecule has 0 saturated carbocycles. The van der Waals surface area contributed by atoms with Crippen molar-refractivity contribution in [2.75, 3.05) is 26.7 Å². The molecular weight excluding hydrogens is 294 g/mol. The summed E-state index contributed by atoms with van der Waals surface area (Å²) in [5, 5.41) is 17.0. The molecule has 0 radical (unpaired) electrons. The molecule has 1 aliphatic heterocycles. The highest BCUT2D eigenvalue weighted by Crippen LogP contribution is 2.20. The van der Waals surface area contributed by atoms with E-state index in [1.54, 1.807) is 0 Å². The maximum Gasteiger partial charge on any atom is 0.339 e. The number of hydrogen-bond acceptors (Lipinski definition) is 7. The molecule has 0 aromatic carbocycles. The minimum absolute atomic E-state index is 0.0689. The third-order valence-electron chi connectivity index (χ3n) is 3.15. The third-order valence-corrected chi connectivity index (χ3v) is 3.15. The van der Waals surface area contributed by atoms with Crippen LogP contribution in [-0.2, 0) is 4.74 Å². The van der Waals surface area contributed by atoms with E-state index in [2.05, 4.69) is 9.88 Å². The summed E-state index contributed by atoms with van der Waals surface area (Å²) in [4.78, 5) is 25.3. The average molecular weight is 313 g/mol. The number of morpholine rings is 1. The van der Waals surface area contributed by atoms with Gasteiger partial charge in [-0.05, 0) is 20.0 Å². The summed E-state index contributed by atoms with van der Waals surface area (Å²) in [6.45, 7) is 4.20. The van der Waals surface area contributed by atoms with Crippen LogP contribution in [0.2, 0.25) is 0 Å². The van der Waals surface area contributed by atoms with Gasteiger partial charge in [-0.25, -0.2) is 4.79 Å². The number of carbonyl (C=O) groups is 1. The van der Waals surface area contributed by atoms with E-state index in [-0.39, 0.29) is 23.5 Å². The van der Waals surface area contributed by atoms with Gasteiger partial charge in [-0.3, -0.25) is 4.98 Å². The van der Waals surface area contributed by atoms with Gasteiger partial charge in [0.1, 0.15) is 17.8 Å². The van der Waals surface area contributed by atoms with Crippen LogP contribution in [0.5, 0.6) is 5.75 Å². The van der Waals surface area contributed by atoms with Crippen LogP contribution in [0, 0.1) is 4.91 Å². The molecule has 0 aliphatic carbocycles. The molecule has 2 atom stereocenters. The fourth-order valence-electron chi connectivity index (χ4n) is 2.02. The summed E-state index contributed by atoms with van der Waals surface area (Å²) >= 11 is 0. The lowest BCUT2D eigenvalue weighted by molar-refractivity contribution is -0.0692. The summed E-state index contributed by atoms with van der Waals surface area (Å²) in [5.41, 5.74) is 0.117. The van der Waals surface area contributed by atoms with Gasteiger partial charge in [-0.2, -0.15) is 0 Å². The minimum Gasteiger partial charge on any atom is -0.485 e. The maximum atomic E-state index is 11.1. The third kappa shape index (κ3) is 5.26. The maximum absolute atomic E-state index is 11.1. The van der Waals surface area contributed by atoms with Gasteiger partial charge in [-0.1, -0.05) is 0 Å². The number of nitrogens with zero attached hydrogens (tertiary/aromatic N) is 3. The number of carboxylic acid groups (broad SMARTS) is 1. The Labute approximate surface area is 127 Å². The van der Waals surface area contributed by atoms with E-state index in [1.165, 1.54) is 23.8 Å². The van der Waals surface area contributed by atoms with E-state index in [1.807, 2.05) is 14.0 Å². The topological polar surface area (TPSA) is 122 Å². The van der Waals surface area contributed by atoms with Gasteiger partial charge in [0.2, 0.25) is 0 Å². The highest BCUT2D eigenvalue weighted by molar-refractivity contribution is 5.90. The molecule has 2 unspecified atom stereocenters. The van der Waals surface area contributed by atoms with Crippen molar-refractivity contribution in [3.63, 3.8) is 0 Å². The Kier molecular flexibility index (Phi) is 7.20. The number of hydrogen-bond donors (Lipinski definition) is 2. The fourth-order valence-corrected chi connectivity index (χ4v) is 2.02. The van der Waals surface area contributed by atoms with Crippen molar-refractivity contribution < 1.29 is 24.6 Å². The molecule has 1 saturated heterocycles. The number of rotatable bonds is 4. The van der Waals surface area contributed by atoms with Gasteiger partial charge in [0.05, 0.1) is 12.8 Å². The van der Waals surface area contributed by atoms with Crippen LogP contribution in [0.3, 0.4) is 0 Å². The lowest BCUT2D eigenvalue weighted by Gasteiger charge is -2.33. The Morgan fingerprint density at radius 1 is 1.64 bits per heavy atom. The summed E-state index contributed by atoms with van der Waals surface area (Å²) < 4.78 is 11.3. The van der Waals surface area contributed by atoms with Gasteiger partial charge in [0, 0.05) is 19.3 Å². The zero-order chi connectivity index (χ0) is 16.5. The number of likely N-dealkylation sites (N-methyl/N-ethyl adjacent to an activating group) is 1. The first kappa shape index (κ1) is 17.8. The second-order valence-corrected chi connectivity index (χ2v) is 4.75. The van der Waals surface area contributed by atoms with E-state index in [0.29, 0.717) is 6.61 Å². The summed E-state index contributed by atoms with van der Waals surface area (Å²) in [6, 6.07) is 1.43. The molecule has 1 fully saturated rings. The second-order valence-electron chi connectivity index (χ2n) is 4.75. The predicted octanol–water partition coefficient (Wildman–Crippen LogP) is 1.02. The Balaban J connectivity index is 0.000000745. The fraction of sp³-hybridized carbons (Fsp3) is 0.538. The van der Waals surface area contributed by atoms with Gasteiger partial charge in [0.25, 0.3) is 0 Å². The van der Waals surface area contributed by atoms with Crippen LogP contribution in [0.1, 0.15) is 17.3 Å². The first-order chi connectivity index (χ1) is 10.5. The summed E-state index contributed by atoms with van der Waals surface area (Å²) in [5.74, 6) is -0.745. The van der Waals surface area contributed by atoms with Crippen molar-refractivity contribution in [2.24, 2.45) is 5.34 Å². The number of ether oxygens (including phenoxy) is 2. The van der Waals surface area contributed by atoms with Crippen molar-refractivity contribution in [3.05, 3.63) is 28.9 Å². The smallest absolute Gasteiger partial charge is 0.339 e. The molecule has 2 N–H and O–H groups in total. The highest BCUT2D eigenvalue weighted by atomic mass is 16.6. The molecule has 0 bridgehead atoms. The molecule has 9 heteroatoms. The van der Waals surface area contributed by atoms with Crippen molar-refractivity contribution in [2.45, 2.75) is 19.1 Å². The van der Waals surface area contributed by atoms with Gasteiger partial charge >= 0.3 is 5.97 Å². The summed E-state index contributed by atoms with van der Waals surface area (Å²) in [7, 11) is 2.02. The number of carboxylic acids is 1. The molecule has 2 heterocycles. The van der Waals surface area contributed by atoms with Crippen molar-refractivity contribution >= 4 is 5.97 Å². The minimum atomic E-state index is -1.02. The summed E-state index contributed by atoms with van der Waals surface area (Å²) in [6.07, 6.45) is 2.56. The quantitative estimate of drug-likeness (QED) is 0.624. The first-order valence-electron chi connectivity index (χ1n) is 6.60. The van der Waals surface area contributed by atoms with Crippen LogP contribution >= 0.6 is 0 Å². The molecule has 0 spiro atoms. The van der Waals surface area contributed by atoms with Gasteiger partial charge in [-0.15, -0.1) is 4.91 Å². The van der Waals surface area contributed by atoms with Gasteiger partial charge < -0.3 is 24.7 Å². The number of pyridine rings is 1. The first-order valence-corrected chi connectivity index (χ1v) is 6.60. The lowest BCUT2D eigenvalue weighted by atomic mass is 10.2. The zero-order valence-corrected chi connectivity index (χ0v) is 12.4. The zero-order valence-electron chi connectivity index (χ0n) is 12.4. The van der Waals surface area contributed by atoms with Crippen LogP contribution in [0.25, 0.3) is 0 Å². The van der Waals surface area contributed by atoms with E-state index >= 15 is 0 Å². The molecule has 9 nitrogen and oxygen atoms in total. The average Bonchev–Trinajstić information content (AvgIpc) is 2.48. The number of aromatic nitrogens is 1. The van der Waals surface area contributed by atoms with Crippen molar-refractivity contribution in [1.29, 1.82) is 0 Å². The normalized spacial score (nSPS) is 19.5. The SMILES string of the molecule is CC(Oc1cnccc1C(=O)O)C1CN(C)CCO1.O=NO. The van der Waals surface area contributed by atoms with Crippen LogP contribution in [-0.4, -0.2) is 65.1 Å². The largest absolute Gasteiger partial charge is 0.485 e. The standard InChI is InChI=1S/C13H18N2O4.HNO2/c1-9(12-8-15(2)5-6-18-12)19-11-7-14-4-3-10(11)13(16)17;2-1-3/h3-4,7,9,12H,5-6,8H2,1-2H3,(H,16,17);(H,2,3). The molecule has 1 aliphatic rings. The molecule has 2 rings (SSSR count). The lowest BCUT2D eigenvalue weighted by Crippen LogP contribution is -2.46. The Bertz CT molecular complexity index is 498. The molecule has 1 aromatic heterocycles. The van der Waals surface area contributed by atoms with E-state index in [4.69, 9.17) is 24.7 Å². The Morgan fingerprint density at radius 3 is 2.91 bits per heavy atom. The second kappa shape index (κ2) is 8.90. The predicted molar refractivity (Wildman–Crippen MR) is 76.1 cm³/mol. The van der Waals surface area contributed by atoms with Crippen LogP contribution in [0.4, 0.5) is 0 Å². The van der Waals surface area contributed by atoms with Crippen molar-refractivity contribution in [3.8, 4) is 5.75 Å². The van der Waals surface area contributed by atoms with Crippen LogP contribution in [0.15, 0.2) is 23.8 Å². The van der Waals surface area contributed by atoms with E-state index in [0.717, 1.165) is 13.1 Å². The van der Waals surface area contributed by atoms with Crippen molar-refractivity contribution in [1.82, 2.24) is 9.88 Å². The van der Waals surface area contributed by atoms with E-state index < -0.39 is 5.97 Å². The molecular formula is C13H19N3O6. The Morgan fingerprint density at radius 2 is 2.32 bits per heavy atom. The Hall–Kier alpha value is -2.26. The van der Waals surface area contributed by atoms with Gasteiger partial charge in [0.15, 0.2) is 11.1 Å². The molecule has 0 amide bonds. The highest BCUT2D eigenvalue weighted by Gasteiger charge is 2.26. The van der Waals surface area contributed by atoms with Crippen LogP contribution < -0.4 is 4.74 Å². The van der Waals surface area contributed by atoms with E-state index in [9.17, 15) is 4.79 Å². The molecule has 1 aromatic rings.